The Morgan fingerprint density at radius 1 is 1.21 bits per heavy atom. The van der Waals surface area contributed by atoms with Crippen LogP contribution in [-0.2, 0) is 20.9 Å². The molecule has 1 spiro atoms. The number of carbonyl (C=O) groups is 1. The molecule has 4 nitrogen and oxygen atoms in total. The summed E-state index contributed by atoms with van der Waals surface area (Å²) in [6, 6.07) is 4.84. The molecule has 2 aromatic rings. The first-order valence-electron chi connectivity index (χ1n) is 11.2. The largest absolute Gasteiger partial charge is 0.337 e. The maximum absolute atomic E-state index is 15.6. The molecule has 1 aliphatic carbocycles. The third kappa shape index (κ3) is 4.73. The molecule has 1 amide bonds. The molecule has 0 aromatic heterocycles. The van der Waals surface area contributed by atoms with Crippen LogP contribution in [0.5, 0.6) is 0 Å². The van der Waals surface area contributed by atoms with Gasteiger partial charge in [0, 0.05) is 29.5 Å². The van der Waals surface area contributed by atoms with Crippen molar-refractivity contribution in [1.29, 1.82) is 0 Å². The van der Waals surface area contributed by atoms with E-state index in [1.165, 1.54) is 18.2 Å². The van der Waals surface area contributed by atoms with E-state index in [1.807, 2.05) is 0 Å². The van der Waals surface area contributed by atoms with Gasteiger partial charge in [-0.2, -0.15) is 0 Å². The van der Waals surface area contributed by atoms with Crippen molar-refractivity contribution in [2.24, 2.45) is 11.3 Å². The van der Waals surface area contributed by atoms with Crippen LogP contribution in [0.3, 0.4) is 0 Å². The maximum atomic E-state index is 15.6. The van der Waals surface area contributed by atoms with Gasteiger partial charge in [0.05, 0.1) is 15.7 Å². The molecule has 34 heavy (non-hydrogen) atoms. The van der Waals surface area contributed by atoms with Crippen molar-refractivity contribution < 1.29 is 26.6 Å². The van der Waals surface area contributed by atoms with Crippen LogP contribution in [0.4, 0.5) is 17.6 Å². The van der Waals surface area contributed by atoms with Gasteiger partial charge in [-0.25, -0.2) is 22.3 Å². The first kappa shape index (κ1) is 24.7. The van der Waals surface area contributed by atoms with E-state index in [-0.39, 0.29) is 34.9 Å². The van der Waals surface area contributed by atoms with Crippen molar-refractivity contribution in [3.05, 3.63) is 59.4 Å². The second-order valence-electron chi connectivity index (χ2n) is 9.71. The molecule has 2 unspecified atom stereocenters. The van der Waals surface area contributed by atoms with E-state index >= 15 is 4.39 Å². The summed E-state index contributed by atoms with van der Waals surface area (Å²) in [5, 5.41) is 0. The smallest absolute Gasteiger partial charge is 0.225 e. The molecule has 184 valence electrons. The number of alkyl halides is 1. The lowest BCUT2D eigenvalue weighted by molar-refractivity contribution is -0.135. The normalized spacial score (nSPS) is 22.9. The Balaban J connectivity index is 1.76. The zero-order chi connectivity index (χ0) is 24.8. The highest BCUT2D eigenvalue weighted by atomic mass is 32.2. The Morgan fingerprint density at radius 3 is 2.50 bits per heavy atom. The number of carbonyl (C=O) groups excluding carboxylic acids is 1. The summed E-state index contributed by atoms with van der Waals surface area (Å²) in [4.78, 5) is 14.7. The molecule has 1 saturated heterocycles. The molecule has 9 heteroatoms. The Morgan fingerprint density at radius 2 is 1.91 bits per heavy atom. The fraction of sp³-hybridized carbons (Fsp3) is 0.440. The quantitative estimate of drug-likeness (QED) is 0.454. The molecule has 2 aromatic carbocycles. The van der Waals surface area contributed by atoms with Gasteiger partial charge in [0.25, 0.3) is 0 Å². The molecule has 1 aliphatic heterocycles. The average Bonchev–Trinajstić information content (AvgIpc) is 3.50. The number of hydrogen-bond acceptors (Lipinski definition) is 2. The van der Waals surface area contributed by atoms with Gasteiger partial charge in [-0.05, 0) is 60.5 Å². The summed E-state index contributed by atoms with van der Waals surface area (Å²) >= 11 is 0. The van der Waals surface area contributed by atoms with Gasteiger partial charge >= 0.3 is 0 Å². The predicted octanol–water partition coefficient (Wildman–Crippen LogP) is 4.48. The van der Waals surface area contributed by atoms with Gasteiger partial charge in [-0.1, -0.05) is 26.0 Å². The highest BCUT2D eigenvalue weighted by molar-refractivity contribution is 7.98. The number of benzene rings is 2. The van der Waals surface area contributed by atoms with E-state index in [0.29, 0.717) is 6.54 Å². The number of nitrogens with zero attached hydrogens (tertiary/aromatic N) is 1. The van der Waals surface area contributed by atoms with Gasteiger partial charge in [-0.15, -0.1) is 0 Å². The van der Waals surface area contributed by atoms with E-state index in [4.69, 9.17) is 0 Å². The van der Waals surface area contributed by atoms with E-state index in [2.05, 4.69) is 10.6 Å². The highest BCUT2D eigenvalue weighted by Gasteiger charge is 2.61. The second-order valence-corrected chi connectivity index (χ2v) is 11.8. The summed E-state index contributed by atoms with van der Waals surface area (Å²) in [6.07, 6.45) is 1.40. The van der Waals surface area contributed by atoms with E-state index in [0.717, 1.165) is 31.0 Å². The lowest BCUT2D eigenvalue weighted by atomic mass is 9.91. The van der Waals surface area contributed by atoms with Gasteiger partial charge in [0.15, 0.2) is 6.01 Å². The van der Waals surface area contributed by atoms with Gasteiger partial charge in [-0.3, -0.25) is 9.00 Å². The SMILES string of the molecule is C=S(=O)(CF)NC1[C@H](Cc2cc(F)cc(-c3cccc(F)c3)c2F)N(C(=O)C(C)C)CC12CC2. The summed E-state index contributed by atoms with van der Waals surface area (Å²) in [5.41, 5.74) is -0.304. The number of nitrogens with one attached hydrogen (secondary N) is 1. The van der Waals surface area contributed by atoms with Crippen LogP contribution in [0.25, 0.3) is 11.1 Å². The minimum absolute atomic E-state index is 0.00567. The van der Waals surface area contributed by atoms with Gasteiger partial charge < -0.3 is 4.90 Å². The van der Waals surface area contributed by atoms with Crippen molar-refractivity contribution in [3.8, 4) is 11.1 Å². The summed E-state index contributed by atoms with van der Waals surface area (Å²) in [6.45, 7) is 3.86. The topological polar surface area (TPSA) is 49.4 Å². The van der Waals surface area contributed by atoms with E-state index in [9.17, 15) is 22.2 Å². The molecule has 3 atom stereocenters. The molecule has 1 N–H and O–H groups in total. The fourth-order valence-electron chi connectivity index (χ4n) is 4.93. The van der Waals surface area contributed by atoms with E-state index < -0.39 is 50.7 Å². The molecule has 0 radical (unpaired) electrons. The van der Waals surface area contributed by atoms with Crippen LogP contribution in [0.2, 0.25) is 0 Å². The molecular formula is C25H28F4N2O2S. The molecule has 4 rings (SSSR count). The van der Waals surface area contributed by atoms with Crippen molar-refractivity contribution in [3.63, 3.8) is 0 Å². The van der Waals surface area contributed by atoms with Crippen LogP contribution in [0.1, 0.15) is 32.3 Å². The number of rotatable bonds is 7. The number of amides is 1. The standard InChI is InChI=1S/C25H28F4N2O2S/c1-15(2)24(32)31-13-25(7-8-25)23(30-34(3,33)14-26)21(31)11-17-10-19(28)12-20(22(17)29)16-5-4-6-18(27)9-16/h4-6,9-10,12,15,21,23H,3,7-8,11,13-14H2,1-2H3,(H,30,33)/t21-,23?,34?/m0/s1. The minimum atomic E-state index is -3.27. The lowest BCUT2D eigenvalue weighted by Gasteiger charge is -2.31. The van der Waals surface area contributed by atoms with Crippen LogP contribution in [0, 0.1) is 28.8 Å². The molecule has 1 saturated carbocycles. The van der Waals surface area contributed by atoms with Crippen LogP contribution in [0.15, 0.2) is 36.4 Å². The van der Waals surface area contributed by atoms with Crippen LogP contribution in [-0.4, -0.2) is 45.5 Å². The molecular weight excluding hydrogens is 468 g/mol. The van der Waals surface area contributed by atoms with Crippen molar-refractivity contribution in [1.82, 2.24) is 9.62 Å². The average molecular weight is 497 g/mol. The maximum Gasteiger partial charge on any atom is 0.225 e. The van der Waals surface area contributed by atoms with Gasteiger partial charge in [0.2, 0.25) is 5.91 Å². The summed E-state index contributed by atoms with van der Waals surface area (Å²) < 4.78 is 72.7. The Kier molecular flexibility index (Phi) is 6.54. The third-order valence-corrected chi connectivity index (χ3v) is 7.83. The first-order valence-corrected chi connectivity index (χ1v) is 13.1. The summed E-state index contributed by atoms with van der Waals surface area (Å²) in [7, 11) is -3.27. The monoisotopic (exact) mass is 496 g/mol. The Bertz CT molecular complexity index is 1210. The predicted molar refractivity (Wildman–Crippen MR) is 126 cm³/mol. The fourth-order valence-corrected chi connectivity index (χ4v) is 5.86. The molecule has 1 heterocycles. The number of hydrogen-bond donors (Lipinski definition) is 1. The number of halogens is 4. The Labute approximate surface area is 197 Å². The number of likely N-dealkylation sites (tertiary alicyclic amines) is 1. The third-order valence-electron chi connectivity index (χ3n) is 6.79. The lowest BCUT2D eigenvalue weighted by Crippen LogP contribution is -2.50. The Hall–Kier alpha value is -2.39. The zero-order valence-corrected chi connectivity index (χ0v) is 19.9. The highest BCUT2D eigenvalue weighted by Crippen LogP contribution is 2.56. The van der Waals surface area contributed by atoms with Crippen molar-refractivity contribution >= 4 is 21.5 Å². The first-order chi connectivity index (χ1) is 16.0. The molecule has 2 fully saturated rings. The summed E-state index contributed by atoms with van der Waals surface area (Å²) in [5.74, 6) is 0.936. The van der Waals surface area contributed by atoms with Crippen LogP contribution >= 0.6 is 0 Å². The van der Waals surface area contributed by atoms with Crippen molar-refractivity contribution in [2.45, 2.75) is 45.2 Å². The van der Waals surface area contributed by atoms with E-state index in [1.54, 1.807) is 18.7 Å². The molecule has 0 bridgehead atoms. The van der Waals surface area contributed by atoms with Crippen molar-refractivity contribution in [2.75, 3.05) is 12.6 Å². The second kappa shape index (κ2) is 9.00. The zero-order valence-electron chi connectivity index (χ0n) is 19.1. The minimum Gasteiger partial charge on any atom is -0.337 e. The van der Waals surface area contributed by atoms with Crippen LogP contribution < -0.4 is 4.72 Å². The molecule has 2 aliphatic rings. The van der Waals surface area contributed by atoms with Gasteiger partial charge in [0.1, 0.15) is 17.5 Å².